The van der Waals surface area contributed by atoms with Crippen molar-refractivity contribution in [1.29, 1.82) is 0 Å². The Morgan fingerprint density at radius 2 is 1.84 bits per heavy atom. The number of rotatable bonds is 7. The van der Waals surface area contributed by atoms with Crippen LogP contribution in [0.2, 0.25) is 10.0 Å². The maximum Gasteiger partial charge on any atom is 0.424 e. The van der Waals surface area contributed by atoms with Crippen LogP contribution in [0.25, 0.3) is 22.2 Å². The molecule has 0 saturated heterocycles. The number of pyridine rings is 2. The van der Waals surface area contributed by atoms with Crippen LogP contribution in [-0.4, -0.2) is 53.3 Å². The van der Waals surface area contributed by atoms with Gasteiger partial charge in [-0.1, -0.05) is 23.2 Å². The average Bonchev–Trinajstić information content (AvgIpc) is 3.34. The first-order chi connectivity index (χ1) is 21.0. The predicted octanol–water partition coefficient (Wildman–Crippen LogP) is 5.38. The summed E-state index contributed by atoms with van der Waals surface area (Å²) in [6, 6.07) is 8.30. The van der Waals surface area contributed by atoms with Crippen molar-refractivity contribution in [2.75, 3.05) is 20.3 Å². The van der Waals surface area contributed by atoms with Gasteiger partial charge >= 0.3 is 6.18 Å². The summed E-state index contributed by atoms with van der Waals surface area (Å²) in [5, 5.41) is 13.7. The van der Waals surface area contributed by atoms with E-state index in [1.165, 1.54) is 38.3 Å². The van der Waals surface area contributed by atoms with Crippen LogP contribution in [0.1, 0.15) is 34.2 Å². The van der Waals surface area contributed by atoms with Crippen LogP contribution < -0.4 is 20.5 Å². The number of benzene rings is 2. The summed E-state index contributed by atoms with van der Waals surface area (Å²) >= 11 is 12.1. The first-order valence-corrected chi connectivity index (χ1v) is 13.9. The summed E-state index contributed by atoms with van der Waals surface area (Å²) in [7, 11) is 1.33. The van der Waals surface area contributed by atoms with Crippen molar-refractivity contribution in [1.82, 2.24) is 15.3 Å². The first-order valence-electron chi connectivity index (χ1n) is 13.2. The van der Waals surface area contributed by atoms with E-state index >= 15 is 0 Å². The quantitative estimate of drug-likeness (QED) is 0.226. The molecular weight excluding hydrogens is 643 g/mol. The number of nitrogens with two attached hydrogens (primary N) is 1. The highest BCUT2D eigenvalue weighted by atomic mass is 35.5. The van der Waals surface area contributed by atoms with Crippen LogP contribution in [0, 0.1) is 12.7 Å². The molecule has 236 valence electrons. The van der Waals surface area contributed by atoms with Crippen molar-refractivity contribution >= 4 is 45.9 Å². The van der Waals surface area contributed by atoms with Gasteiger partial charge in [-0.25, -0.2) is 14.4 Å². The van der Waals surface area contributed by atoms with Crippen molar-refractivity contribution in [3.63, 3.8) is 0 Å². The number of hydrogen-bond acceptors (Lipinski definition) is 7. The van der Waals surface area contributed by atoms with Gasteiger partial charge in [-0.3, -0.25) is 9.59 Å². The second kappa shape index (κ2) is 11.3. The molecule has 0 aliphatic carbocycles. The number of aryl methyl sites for hydroxylation is 1. The molecular formula is C30H24Cl2F4N4O5. The number of carbonyl (C=O) groups is 2. The standard InChI is InChI=1S/C30H24Cl2F4N4O5/c1-13-18(31)8-15-6-16(9-21(44-3)23(15)39-13)26(41)38-11-29(43,30(34,35)36)22-10-17-25(45-12-28(17,2)27(37)42)24(40-22)14-4-5-20(33)19(32)7-14/h4-10,43H,11-12H2,1-3H3,(H2,37,42)(H,38,41)/t28-,29-/m0/s1. The molecule has 4 N–H and O–H groups in total. The van der Waals surface area contributed by atoms with Gasteiger partial charge in [0.2, 0.25) is 11.5 Å². The van der Waals surface area contributed by atoms with Crippen molar-refractivity contribution in [2.45, 2.75) is 31.0 Å². The average molecular weight is 667 g/mol. The molecule has 15 heteroatoms. The Balaban J connectivity index is 1.60. The zero-order valence-electron chi connectivity index (χ0n) is 23.8. The Morgan fingerprint density at radius 3 is 2.47 bits per heavy atom. The molecule has 2 aromatic carbocycles. The SMILES string of the molecule is COc1cc(C(=O)NC[C@](O)(c2cc3c(c(-c4ccc(F)c(Cl)c4)n2)OC[C@]3(C)C(N)=O)C(F)(F)F)cc2cc(Cl)c(C)nc12. The fourth-order valence-electron chi connectivity index (χ4n) is 4.89. The largest absolute Gasteiger partial charge is 0.494 e. The Bertz CT molecular complexity index is 1890. The number of amides is 2. The topological polar surface area (TPSA) is 137 Å². The molecule has 0 radical (unpaired) electrons. The van der Waals surface area contributed by atoms with Gasteiger partial charge in [-0.2, -0.15) is 13.2 Å². The van der Waals surface area contributed by atoms with Crippen LogP contribution in [-0.2, 0) is 15.8 Å². The maximum atomic E-state index is 14.7. The lowest BCUT2D eigenvalue weighted by molar-refractivity contribution is -0.265. The molecule has 0 unspecified atom stereocenters. The van der Waals surface area contributed by atoms with Crippen molar-refractivity contribution < 1.29 is 41.7 Å². The summed E-state index contributed by atoms with van der Waals surface area (Å²) in [6.07, 6.45) is -5.40. The number of carbonyl (C=O) groups excluding carboxylic acids is 2. The Kier molecular flexibility index (Phi) is 8.09. The molecule has 0 fully saturated rings. The molecule has 9 nitrogen and oxygen atoms in total. The van der Waals surface area contributed by atoms with Gasteiger partial charge in [0.15, 0.2) is 0 Å². The highest BCUT2D eigenvalue weighted by Gasteiger charge is 2.57. The lowest BCUT2D eigenvalue weighted by Crippen LogP contribution is -2.51. The lowest BCUT2D eigenvalue weighted by Gasteiger charge is -2.31. The zero-order valence-corrected chi connectivity index (χ0v) is 25.3. The van der Waals surface area contributed by atoms with Crippen molar-refractivity contribution in [3.05, 3.63) is 80.8 Å². The first kappa shape index (κ1) is 32.2. The molecule has 4 aromatic rings. The molecule has 2 aromatic heterocycles. The van der Waals surface area contributed by atoms with Crippen LogP contribution >= 0.6 is 23.2 Å². The van der Waals surface area contributed by atoms with Gasteiger partial charge in [0.05, 0.1) is 35.1 Å². The maximum absolute atomic E-state index is 14.7. The zero-order chi connectivity index (χ0) is 33.1. The number of aliphatic hydroxyl groups is 1. The number of halogens is 6. The van der Waals surface area contributed by atoms with E-state index in [1.807, 2.05) is 0 Å². The van der Waals surface area contributed by atoms with E-state index in [9.17, 15) is 32.3 Å². The number of aromatic nitrogens is 2. The minimum absolute atomic E-state index is 0.0348. The number of ether oxygens (including phenoxy) is 2. The third-order valence-corrected chi connectivity index (χ3v) is 8.37. The van der Waals surface area contributed by atoms with E-state index in [0.29, 0.717) is 21.6 Å². The molecule has 0 saturated carbocycles. The second-order valence-electron chi connectivity index (χ2n) is 10.7. The van der Waals surface area contributed by atoms with Gasteiger partial charge in [0.25, 0.3) is 5.91 Å². The van der Waals surface area contributed by atoms with E-state index in [1.54, 1.807) is 6.92 Å². The third kappa shape index (κ3) is 5.49. The van der Waals surface area contributed by atoms with Gasteiger partial charge in [0, 0.05) is 22.1 Å². The van der Waals surface area contributed by atoms with Crippen LogP contribution in [0.5, 0.6) is 11.5 Å². The Hall–Kier alpha value is -4.20. The van der Waals surface area contributed by atoms with Gasteiger partial charge < -0.3 is 25.6 Å². The minimum Gasteiger partial charge on any atom is -0.494 e. The molecule has 5 rings (SSSR count). The molecule has 2 amide bonds. The molecule has 2 atom stereocenters. The van der Waals surface area contributed by atoms with Crippen molar-refractivity contribution in [3.8, 4) is 22.8 Å². The van der Waals surface area contributed by atoms with Gasteiger partial charge in [0.1, 0.15) is 40.5 Å². The molecule has 1 aliphatic heterocycles. The van der Waals surface area contributed by atoms with Crippen LogP contribution in [0.15, 0.2) is 42.5 Å². The summed E-state index contributed by atoms with van der Waals surface area (Å²) in [5.74, 6) is -2.64. The normalized spacial score (nSPS) is 17.4. The number of primary amides is 1. The van der Waals surface area contributed by atoms with Crippen LogP contribution in [0.4, 0.5) is 17.6 Å². The summed E-state index contributed by atoms with van der Waals surface area (Å²) in [4.78, 5) is 34.0. The number of fused-ring (bicyclic) bond motifs is 2. The minimum atomic E-state index is -5.40. The van der Waals surface area contributed by atoms with E-state index in [0.717, 1.165) is 18.2 Å². The molecule has 3 heterocycles. The van der Waals surface area contributed by atoms with Crippen LogP contribution in [0.3, 0.4) is 0 Å². The Labute approximate surface area is 263 Å². The third-order valence-electron chi connectivity index (χ3n) is 7.70. The summed E-state index contributed by atoms with van der Waals surface area (Å²) in [6.45, 7) is 1.29. The predicted molar refractivity (Wildman–Crippen MR) is 157 cm³/mol. The monoisotopic (exact) mass is 666 g/mol. The lowest BCUT2D eigenvalue weighted by atomic mass is 9.81. The smallest absolute Gasteiger partial charge is 0.424 e. The number of nitrogens with one attached hydrogen (secondary N) is 1. The fraction of sp³-hybridized carbons (Fsp3) is 0.267. The van der Waals surface area contributed by atoms with E-state index in [-0.39, 0.29) is 45.5 Å². The summed E-state index contributed by atoms with van der Waals surface area (Å²) < 4.78 is 69.1. The number of nitrogens with zero attached hydrogens (tertiary/aromatic N) is 2. The molecule has 1 aliphatic rings. The highest BCUT2D eigenvalue weighted by molar-refractivity contribution is 6.32. The van der Waals surface area contributed by atoms with Gasteiger partial charge in [-0.05, 0) is 56.3 Å². The summed E-state index contributed by atoms with van der Waals surface area (Å²) in [5.41, 5.74) is -0.352. The van der Waals surface area contributed by atoms with E-state index < -0.39 is 47.1 Å². The Morgan fingerprint density at radius 1 is 1.13 bits per heavy atom. The molecule has 0 spiro atoms. The van der Waals surface area contributed by atoms with Crippen molar-refractivity contribution in [2.24, 2.45) is 5.73 Å². The number of methoxy groups -OCH3 is 1. The molecule has 45 heavy (non-hydrogen) atoms. The van der Waals surface area contributed by atoms with E-state index in [4.69, 9.17) is 38.4 Å². The van der Waals surface area contributed by atoms with Gasteiger partial charge in [-0.15, -0.1) is 0 Å². The fourth-order valence-corrected chi connectivity index (χ4v) is 5.23. The molecule has 0 bridgehead atoms. The second-order valence-corrected chi connectivity index (χ2v) is 11.5. The number of hydrogen-bond donors (Lipinski definition) is 3. The number of alkyl halides is 3. The van der Waals surface area contributed by atoms with E-state index in [2.05, 4.69) is 15.3 Å². The highest BCUT2D eigenvalue weighted by Crippen LogP contribution is 2.48.